The molecule has 0 aromatic heterocycles. The molecule has 8 nitrogen and oxygen atoms in total. The maximum Gasteiger partial charge on any atom is 0.244 e. The van der Waals surface area contributed by atoms with Gasteiger partial charge in [-0.1, -0.05) is 78.4 Å². The molecule has 9 heteroatoms. The molecule has 224 valence electrons. The summed E-state index contributed by atoms with van der Waals surface area (Å²) in [6.45, 7) is 3.84. The molecule has 0 fully saturated rings. The topological polar surface area (TPSA) is 96.0 Å². The van der Waals surface area contributed by atoms with Crippen LogP contribution in [0.1, 0.15) is 23.6 Å². The van der Waals surface area contributed by atoms with Crippen LogP contribution in [-0.4, -0.2) is 50.5 Å². The van der Waals surface area contributed by atoms with Gasteiger partial charge in [-0.25, -0.2) is 8.42 Å². The van der Waals surface area contributed by atoms with Gasteiger partial charge in [0.05, 0.1) is 11.9 Å². The molecule has 0 heterocycles. The third kappa shape index (κ3) is 8.93. The fourth-order valence-corrected chi connectivity index (χ4v) is 5.50. The predicted octanol–water partition coefficient (Wildman–Crippen LogP) is 5.33. The number of rotatable bonds is 13. The molecule has 4 rings (SSSR count). The van der Waals surface area contributed by atoms with Gasteiger partial charge in [-0.3, -0.25) is 13.9 Å². The monoisotopic (exact) mass is 599 g/mol. The summed E-state index contributed by atoms with van der Waals surface area (Å²) in [6.07, 6.45) is 1.33. The summed E-state index contributed by atoms with van der Waals surface area (Å²) in [4.78, 5) is 29.0. The normalized spacial score (nSPS) is 11.8. The second-order valence-corrected chi connectivity index (χ2v) is 12.2. The number of ether oxygens (including phenoxy) is 1. The van der Waals surface area contributed by atoms with Crippen LogP contribution < -0.4 is 14.4 Å². The van der Waals surface area contributed by atoms with Crippen LogP contribution in [0.5, 0.6) is 11.5 Å². The minimum absolute atomic E-state index is 0.134. The molecule has 4 aromatic carbocycles. The smallest absolute Gasteiger partial charge is 0.244 e. The van der Waals surface area contributed by atoms with E-state index in [1.54, 1.807) is 24.3 Å². The minimum atomic E-state index is -3.87. The Morgan fingerprint density at radius 1 is 0.791 bits per heavy atom. The molecule has 0 saturated heterocycles. The third-order valence-corrected chi connectivity index (χ3v) is 8.02. The Kier molecular flexibility index (Phi) is 10.6. The van der Waals surface area contributed by atoms with Gasteiger partial charge < -0.3 is 15.0 Å². The zero-order valence-electron chi connectivity index (χ0n) is 24.6. The van der Waals surface area contributed by atoms with Crippen molar-refractivity contribution in [1.29, 1.82) is 0 Å². The first-order valence-corrected chi connectivity index (χ1v) is 16.0. The first-order valence-electron chi connectivity index (χ1n) is 14.1. The van der Waals surface area contributed by atoms with Gasteiger partial charge in [0, 0.05) is 19.5 Å². The van der Waals surface area contributed by atoms with Gasteiger partial charge >= 0.3 is 0 Å². The Morgan fingerprint density at radius 3 is 1.95 bits per heavy atom. The van der Waals surface area contributed by atoms with Crippen LogP contribution in [0.15, 0.2) is 109 Å². The van der Waals surface area contributed by atoms with Crippen molar-refractivity contribution in [3.63, 3.8) is 0 Å². The lowest BCUT2D eigenvalue weighted by Gasteiger charge is -2.33. The van der Waals surface area contributed by atoms with Crippen LogP contribution in [0, 0.1) is 6.92 Å². The molecule has 0 radical (unpaired) electrons. The number of nitrogens with zero attached hydrogens (tertiary/aromatic N) is 2. The third-order valence-electron chi connectivity index (χ3n) is 6.88. The van der Waals surface area contributed by atoms with E-state index >= 15 is 0 Å². The summed E-state index contributed by atoms with van der Waals surface area (Å²) in [5.41, 5.74) is 3.09. The van der Waals surface area contributed by atoms with Crippen molar-refractivity contribution < 1.29 is 22.7 Å². The molecular weight excluding hydrogens is 562 g/mol. The summed E-state index contributed by atoms with van der Waals surface area (Å²) < 4.78 is 32.9. The molecule has 2 amide bonds. The van der Waals surface area contributed by atoms with Crippen LogP contribution in [-0.2, 0) is 32.6 Å². The highest BCUT2D eigenvalue weighted by Crippen LogP contribution is 2.26. The van der Waals surface area contributed by atoms with E-state index in [0.717, 1.165) is 27.3 Å². The van der Waals surface area contributed by atoms with Crippen LogP contribution in [0.4, 0.5) is 5.69 Å². The summed E-state index contributed by atoms with van der Waals surface area (Å²) in [6, 6.07) is 32.0. The van der Waals surface area contributed by atoms with Gasteiger partial charge in [0.1, 0.15) is 24.1 Å². The number of nitrogens with one attached hydrogen (secondary N) is 1. The average molecular weight is 600 g/mol. The molecular formula is C34H37N3O5S. The molecule has 0 spiro atoms. The maximum absolute atomic E-state index is 14.1. The number of benzene rings is 4. The number of likely N-dealkylation sites (N-methyl/N-ethyl adjacent to an activating group) is 1. The first kappa shape index (κ1) is 31.3. The summed E-state index contributed by atoms with van der Waals surface area (Å²) in [5.74, 6) is 0.366. The van der Waals surface area contributed by atoms with Crippen molar-refractivity contribution in [1.82, 2.24) is 10.2 Å². The summed E-state index contributed by atoms with van der Waals surface area (Å²) >= 11 is 0. The van der Waals surface area contributed by atoms with E-state index < -0.39 is 28.5 Å². The lowest BCUT2D eigenvalue weighted by molar-refractivity contribution is -0.140. The molecule has 1 N–H and O–H groups in total. The largest absolute Gasteiger partial charge is 0.457 e. The fraction of sp³-hybridized carbons (Fsp3) is 0.235. The Hall–Kier alpha value is -4.63. The highest BCUT2D eigenvalue weighted by molar-refractivity contribution is 7.92. The number of aryl methyl sites for hydroxylation is 1. The number of sulfonamides is 1. The molecule has 0 saturated carbocycles. The first-order chi connectivity index (χ1) is 20.6. The molecule has 0 bridgehead atoms. The van der Waals surface area contributed by atoms with Gasteiger partial charge in [0.2, 0.25) is 21.8 Å². The molecule has 4 aromatic rings. The van der Waals surface area contributed by atoms with Gasteiger partial charge in [0.15, 0.2) is 0 Å². The number of hydrogen-bond donors (Lipinski definition) is 1. The summed E-state index contributed by atoms with van der Waals surface area (Å²) in [7, 11) is -3.87. The van der Waals surface area contributed by atoms with E-state index in [1.165, 1.54) is 4.90 Å². The van der Waals surface area contributed by atoms with Gasteiger partial charge in [-0.15, -0.1) is 0 Å². The number of carbonyl (C=O) groups excluding carboxylic acids is 2. The molecule has 0 aliphatic rings. The number of hydrogen-bond acceptors (Lipinski definition) is 5. The zero-order chi connectivity index (χ0) is 30.8. The second kappa shape index (κ2) is 14.5. The molecule has 0 aliphatic heterocycles. The quantitative estimate of drug-likeness (QED) is 0.224. The zero-order valence-corrected chi connectivity index (χ0v) is 25.5. The van der Waals surface area contributed by atoms with Crippen molar-refractivity contribution in [3.05, 3.63) is 126 Å². The number of para-hydroxylation sites is 1. The Labute approximate surface area is 254 Å². The molecule has 0 aliphatic carbocycles. The summed E-state index contributed by atoms with van der Waals surface area (Å²) in [5, 5.41) is 2.86. The highest BCUT2D eigenvalue weighted by Gasteiger charge is 2.32. The Bertz CT molecular complexity index is 1590. The molecule has 1 atom stereocenters. The van der Waals surface area contributed by atoms with E-state index in [-0.39, 0.29) is 18.9 Å². The van der Waals surface area contributed by atoms with E-state index in [1.807, 2.05) is 98.8 Å². The molecule has 43 heavy (non-hydrogen) atoms. The Morgan fingerprint density at radius 2 is 1.37 bits per heavy atom. The number of carbonyl (C=O) groups is 2. The van der Waals surface area contributed by atoms with Crippen LogP contribution in [0.2, 0.25) is 0 Å². The number of amides is 2. The fourth-order valence-electron chi connectivity index (χ4n) is 4.65. The van der Waals surface area contributed by atoms with E-state index in [4.69, 9.17) is 4.74 Å². The standard InChI is InChI=1S/C34H37N3O5S/c1-4-35-34(39)32(23-27-11-7-5-8-12-27)36(24-28-17-15-26(2)16-18-28)33(38)25-37(43(3,40)41)29-19-21-31(22-20-29)42-30-13-9-6-10-14-30/h5-22,32H,4,23-25H2,1-3H3,(H,35,39)/t32-/m0/s1. The van der Waals surface area contributed by atoms with Crippen LogP contribution in [0.25, 0.3) is 0 Å². The Balaban J connectivity index is 1.65. The lowest BCUT2D eigenvalue weighted by atomic mass is 10.0. The predicted molar refractivity (Wildman–Crippen MR) is 169 cm³/mol. The van der Waals surface area contributed by atoms with Gasteiger partial charge in [-0.05, 0) is 61.4 Å². The van der Waals surface area contributed by atoms with Crippen molar-refractivity contribution in [3.8, 4) is 11.5 Å². The van der Waals surface area contributed by atoms with Crippen LogP contribution in [0.3, 0.4) is 0 Å². The van der Waals surface area contributed by atoms with Gasteiger partial charge in [-0.2, -0.15) is 0 Å². The van der Waals surface area contributed by atoms with Gasteiger partial charge in [0.25, 0.3) is 0 Å². The van der Waals surface area contributed by atoms with Crippen molar-refractivity contribution in [2.75, 3.05) is 23.7 Å². The lowest BCUT2D eigenvalue weighted by Crippen LogP contribution is -2.53. The second-order valence-electron chi connectivity index (χ2n) is 10.3. The van der Waals surface area contributed by atoms with Crippen molar-refractivity contribution in [2.45, 2.75) is 32.9 Å². The van der Waals surface area contributed by atoms with Crippen molar-refractivity contribution >= 4 is 27.5 Å². The average Bonchev–Trinajstić information content (AvgIpc) is 2.99. The van der Waals surface area contributed by atoms with E-state index in [0.29, 0.717) is 23.7 Å². The highest BCUT2D eigenvalue weighted by atomic mass is 32.2. The SMILES string of the molecule is CCNC(=O)[C@H](Cc1ccccc1)N(Cc1ccc(C)cc1)C(=O)CN(c1ccc(Oc2ccccc2)cc1)S(C)(=O)=O. The molecule has 0 unspecified atom stereocenters. The van der Waals surface area contributed by atoms with E-state index in [9.17, 15) is 18.0 Å². The number of anilines is 1. The maximum atomic E-state index is 14.1. The van der Waals surface area contributed by atoms with Crippen molar-refractivity contribution in [2.24, 2.45) is 0 Å². The van der Waals surface area contributed by atoms with Crippen LogP contribution >= 0.6 is 0 Å². The minimum Gasteiger partial charge on any atom is -0.457 e. The van der Waals surface area contributed by atoms with E-state index in [2.05, 4.69) is 5.32 Å².